The number of ether oxygens (including phenoxy) is 1. The molecule has 1 atom stereocenters. The SMILES string of the molecule is COC(=O)C[C@](C)(CC(C)(C)C)C(C)(C)C. The van der Waals surface area contributed by atoms with Gasteiger partial charge in [-0.15, -0.1) is 0 Å². The molecule has 2 nitrogen and oxygen atoms in total. The quantitative estimate of drug-likeness (QED) is 0.681. The summed E-state index contributed by atoms with van der Waals surface area (Å²) in [5, 5.41) is 0. The van der Waals surface area contributed by atoms with Gasteiger partial charge in [0.05, 0.1) is 13.5 Å². The Kier molecular flexibility index (Phi) is 4.61. The Bertz CT molecular complexity index is 242. The number of rotatable bonds is 3. The maximum Gasteiger partial charge on any atom is 0.306 e. The van der Waals surface area contributed by atoms with Crippen molar-refractivity contribution in [2.24, 2.45) is 16.2 Å². The Labute approximate surface area is 101 Å². The Balaban J connectivity index is 4.98. The molecule has 16 heavy (non-hydrogen) atoms. The molecule has 0 aromatic rings. The van der Waals surface area contributed by atoms with Crippen molar-refractivity contribution in [2.75, 3.05) is 7.11 Å². The van der Waals surface area contributed by atoms with Crippen molar-refractivity contribution in [3.05, 3.63) is 0 Å². The van der Waals surface area contributed by atoms with E-state index in [0.29, 0.717) is 6.42 Å². The number of hydrogen-bond acceptors (Lipinski definition) is 2. The van der Waals surface area contributed by atoms with E-state index >= 15 is 0 Å². The molecule has 0 aromatic carbocycles. The highest BCUT2D eigenvalue weighted by molar-refractivity contribution is 5.70. The summed E-state index contributed by atoms with van der Waals surface area (Å²) in [6.07, 6.45) is 1.50. The van der Waals surface area contributed by atoms with Crippen LogP contribution in [0.4, 0.5) is 0 Å². The van der Waals surface area contributed by atoms with Crippen LogP contribution in [-0.2, 0) is 9.53 Å². The highest BCUT2D eigenvalue weighted by atomic mass is 16.5. The molecule has 0 aromatic heterocycles. The first-order valence-corrected chi connectivity index (χ1v) is 5.98. The molecule has 0 rings (SSSR count). The first-order valence-electron chi connectivity index (χ1n) is 5.98. The maximum atomic E-state index is 11.5. The molecule has 0 aliphatic carbocycles. The van der Waals surface area contributed by atoms with Crippen molar-refractivity contribution >= 4 is 5.97 Å². The fourth-order valence-corrected chi connectivity index (χ4v) is 2.15. The molecular formula is C14H28O2. The van der Waals surface area contributed by atoms with Gasteiger partial charge in [0.15, 0.2) is 0 Å². The predicted octanol–water partition coefficient (Wildman–Crippen LogP) is 4.04. The van der Waals surface area contributed by atoms with Gasteiger partial charge in [-0.2, -0.15) is 0 Å². The van der Waals surface area contributed by atoms with E-state index in [1.165, 1.54) is 7.11 Å². The van der Waals surface area contributed by atoms with Gasteiger partial charge < -0.3 is 4.74 Å². The summed E-state index contributed by atoms with van der Waals surface area (Å²) >= 11 is 0. The summed E-state index contributed by atoms with van der Waals surface area (Å²) in [6, 6.07) is 0. The molecule has 0 aliphatic rings. The minimum absolute atomic E-state index is 0.0294. The normalized spacial score (nSPS) is 16.8. The minimum Gasteiger partial charge on any atom is -0.469 e. The number of hydrogen-bond donors (Lipinski definition) is 0. The van der Waals surface area contributed by atoms with Crippen molar-refractivity contribution in [3.63, 3.8) is 0 Å². The summed E-state index contributed by atoms with van der Waals surface area (Å²) in [7, 11) is 1.46. The van der Waals surface area contributed by atoms with Crippen LogP contribution in [0.3, 0.4) is 0 Å². The van der Waals surface area contributed by atoms with Crippen molar-refractivity contribution in [3.8, 4) is 0 Å². The molecule has 0 bridgehead atoms. The summed E-state index contributed by atoms with van der Waals surface area (Å²) in [5.74, 6) is -0.110. The van der Waals surface area contributed by atoms with E-state index in [9.17, 15) is 4.79 Å². The zero-order valence-corrected chi connectivity index (χ0v) is 12.2. The highest BCUT2D eigenvalue weighted by Crippen LogP contribution is 2.48. The van der Waals surface area contributed by atoms with Gasteiger partial charge in [0.1, 0.15) is 0 Å². The topological polar surface area (TPSA) is 26.3 Å². The van der Waals surface area contributed by atoms with Crippen LogP contribution in [0.25, 0.3) is 0 Å². The molecule has 0 unspecified atom stereocenters. The molecule has 0 saturated carbocycles. The van der Waals surface area contributed by atoms with Crippen LogP contribution in [0.1, 0.15) is 61.3 Å². The smallest absolute Gasteiger partial charge is 0.306 e. The minimum atomic E-state index is -0.110. The second-order valence-corrected chi connectivity index (χ2v) is 7.30. The summed E-state index contributed by atoms with van der Waals surface area (Å²) in [6.45, 7) is 15.4. The first-order chi connectivity index (χ1) is 6.91. The van der Waals surface area contributed by atoms with Crippen molar-refractivity contribution in [1.29, 1.82) is 0 Å². The largest absolute Gasteiger partial charge is 0.469 e. The zero-order valence-electron chi connectivity index (χ0n) is 12.2. The third-order valence-electron chi connectivity index (χ3n) is 3.49. The molecule has 0 N–H and O–H groups in total. The molecular weight excluding hydrogens is 200 g/mol. The average Bonchev–Trinajstić information content (AvgIpc) is 1.98. The predicted molar refractivity (Wildman–Crippen MR) is 68.3 cm³/mol. The Morgan fingerprint density at radius 2 is 1.44 bits per heavy atom. The van der Waals surface area contributed by atoms with Crippen LogP contribution in [0, 0.1) is 16.2 Å². The van der Waals surface area contributed by atoms with E-state index in [1.807, 2.05) is 0 Å². The molecule has 0 aliphatic heterocycles. The van der Waals surface area contributed by atoms with Gasteiger partial charge in [0, 0.05) is 0 Å². The first kappa shape index (κ1) is 15.5. The van der Waals surface area contributed by atoms with Crippen LogP contribution < -0.4 is 0 Å². The second-order valence-electron chi connectivity index (χ2n) is 7.30. The van der Waals surface area contributed by atoms with Gasteiger partial charge in [-0.1, -0.05) is 48.5 Å². The van der Waals surface area contributed by atoms with Crippen LogP contribution in [0.15, 0.2) is 0 Å². The average molecular weight is 228 g/mol. The van der Waals surface area contributed by atoms with Crippen LogP contribution in [0.5, 0.6) is 0 Å². The van der Waals surface area contributed by atoms with Gasteiger partial charge in [0.25, 0.3) is 0 Å². The summed E-state index contributed by atoms with van der Waals surface area (Å²) in [5.41, 5.74) is 0.281. The number of esters is 1. The zero-order chi connectivity index (χ0) is 13.2. The molecule has 0 radical (unpaired) electrons. The maximum absolute atomic E-state index is 11.5. The lowest BCUT2D eigenvalue weighted by Gasteiger charge is -2.45. The lowest BCUT2D eigenvalue weighted by Crippen LogP contribution is -2.38. The van der Waals surface area contributed by atoms with E-state index in [4.69, 9.17) is 4.74 Å². The number of methoxy groups -OCH3 is 1. The van der Waals surface area contributed by atoms with Gasteiger partial charge in [-0.25, -0.2) is 0 Å². The Hall–Kier alpha value is -0.530. The number of carbonyl (C=O) groups excluding carboxylic acids is 1. The van der Waals surface area contributed by atoms with E-state index in [0.717, 1.165) is 6.42 Å². The highest BCUT2D eigenvalue weighted by Gasteiger charge is 2.42. The fraction of sp³-hybridized carbons (Fsp3) is 0.929. The standard InChI is InChI=1S/C14H28O2/c1-12(2,3)10-14(7,13(4,5)6)9-11(15)16-8/h9-10H2,1-8H3/t14-/m1/s1. The molecule has 96 valence electrons. The van der Waals surface area contributed by atoms with Crippen molar-refractivity contribution in [2.45, 2.75) is 61.3 Å². The summed E-state index contributed by atoms with van der Waals surface area (Å²) < 4.78 is 4.82. The fourth-order valence-electron chi connectivity index (χ4n) is 2.15. The van der Waals surface area contributed by atoms with Crippen molar-refractivity contribution in [1.82, 2.24) is 0 Å². The molecule has 0 saturated heterocycles. The van der Waals surface area contributed by atoms with Gasteiger partial charge >= 0.3 is 5.97 Å². The Morgan fingerprint density at radius 3 is 1.69 bits per heavy atom. The lowest BCUT2D eigenvalue weighted by atomic mass is 9.60. The molecule has 2 heteroatoms. The molecule has 0 spiro atoms. The monoisotopic (exact) mass is 228 g/mol. The van der Waals surface area contributed by atoms with Gasteiger partial charge in [-0.05, 0) is 22.7 Å². The Morgan fingerprint density at radius 1 is 1.00 bits per heavy atom. The van der Waals surface area contributed by atoms with E-state index < -0.39 is 0 Å². The van der Waals surface area contributed by atoms with Crippen LogP contribution in [0.2, 0.25) is 0 Å². The second kappa shape index (κ2) is 4.77. The van der Waals surface area contributed by atoms with Crippen LogP contribution in [-0.4, -0.2) is 13.1 Å². The third kappa shape index (κ3) is 4.54. The third-order valence-corrected chi connectivity index (χ3v) is 3.49. The molecule has 0 heterocycles. The van der Waals surface area contributed by atoms with Gasteiger partial charge in [-0.3, -0.25) is 4.79 Å². The molecule has 0 fully saturated rings. The summed E-state index contributed by atoms with van der Waals surface area (Å²) in [4.78, 5) is 11.5. The van der Waals surface area contributed by atoms with Gasteiger partial charge in [0.2, 0.25) is 0 Å². The lowest BCUT2D eigenvalue weighted by molar-refractivity contribution is -0.146. The van der Waals surface area contributed by atoms with E-state index in [1.54, 1.807) is 0 Å². The molecule has 0 amide bonds. The van der Waals surface area contributed by atoms with E-state index in [2.05, 4.69) is 48.5 Å². The van der Waals surface area contributed by atoms with Crippen molar-refractivity contribution < 1.29 is 9.53 Å². The van der Waals surface area contributed by atoms with Crippen LogP contribution >= 0.6 is 0 Å². The number of carbonyl (C=O) groups is 1. The van der Waals surface area contributed by atoms with E-state index in [-0.39, 0.29) is 22.2 Å².